The van der Waals surface area contributed by atoms with Crippen molar-refractivity contribution in [1.29, 1.82) is 0 Å². The lowest BCUT2D eigenvalue weighted by atomic mass is 10.1. The van der Waals surface area contributed by atoms with Gasteiger partial charge in [0.1, 0.15) is 18.9 Å². The van der Waals surface area contributed by atoms with Crippen molar-refractivity contribution < 1.29 is 23.8 Å². The molecule has 31 heavy (non-hydrogen) atoms. The molecule has 2 aromatic carbocycles. The maximum atomic E-state index is 13.0. The third-order valence-corrected chi connectivity index (χ3v) is 5.20. The second-order valence-electron chi connectivity index (χ2n) is 7.45. The molecule has 8 nitrogen and oxygen atoms in total. The summed E-state index contributed by atoms with van der Waals surface area (Å²) in [5.74, 6) is 0.0544. The third kappa shape index (κ3) is 4.75. The number of aryl methyl sites for hydroxylation is 1. The molecular formula is C23H23N3O5. The SMILES string of the molecule is Cc1ccc(-c2ncco2)cc1NC(=O)[C@@H]1C[C@@H](O)CN1C(=O)OCc1ccccc1. The molecule has 0 aliphatic carbocycles. The van der Waals surface area contributed by atoms with Gasteiger partial charge >= 0.3 is 6.09 Å². The van der Waals surface area contributed by atoms with E-state index in [1.165, 1.54) is 11.2 Å². The minimum atomic E-state index is -0.830. The lowest BCUT2D eigenvalue weighted by Gasteiger charge is -2.23. The summed E-state index contributed by atoms with van der Waals surface area (Å²) in [5, 5.41) is 13.0. The summed E-state index contributed by atoms with van der Waals surface area (Å²) in [4.78, 5) is 31.0. The van der Waals surface area contributed by atoms with Crippen LogP contribution >= 0.6 is 0 Å². The smallest absolute Gasteiger partial charge is 0.410 e. The van der Waals surface area contributed by atoms with Crippen molar-refractivity contribution in [2.75, 3.05) is 11.9 Å². The number of benzene rings is 2. The Morgan fingerprint density at radius 2 is 2.06 bits per heavy atom. The fourth-order valence-electron chi connectivity index (χ4n) is 3.54. The van der Waals surface area contributed by atoms with Crippen molar-refractivity contribution in [1.82, 2.24) is 9.88 Å². The van der Waals surface area contributed by atoms with Gasteiger partial charge in [-0.1, -0.05) is 36.4 Å². The van der Waals surface area contributed by atoms with Gasteiger partial charge in [0, 0.05) is 17.7 Å². The van der Waals surface area contributed by atoms with E-state index >= 15 is 0 Å². The summed E-state index contributed by atoms with van der Waals surface area (Å²) in [7, 11) is 0. The number of anilines is 1. The lowest BCUT2D eigenvalue weighted by molar-refractivity contribution is -0.120. The largest absolute Gasteiger partial charge is 0.445 e. The number of likely N-dealkylation sites (tertiary alicyclic amines) is 1. The Labute approximate surface area is 179 Å². The van der Waals surface area contributed by atoms with Gasteiger partial charge in [0.2, 0.25) is 11.8 Å². The highest BCUT2D eigenvalue weighted by molar-refractivity contribution is 5.98. The maximum Gasteiger partial charge on any atom is 0.410 e. The summed E-state index contributed by atoms with van der Waals surface area (Å²) in [6.45, 7) is 2.00. The molecule has 160 valence electrons. The number of hydrogen-bond acceptors (Lipinski definition) is 6. The van der Waals surface area contributed by atoms with Crippen molar-refractivity contribution in [2.45, 2.75) is 32.1 Å². The number of hydrogen-bond donors (Lipinski definition) is 2. The van der Waals surface area contributed by atoms with Crippen molar-refractivity contribution >= 4 is 17.7 Å². The Morgan fingerprint density at radius 3 is 2.81 bits per heavy atom. The zero-order valence-electron chi connectivity index (χ0n) is 17.0. The topological polar surface area (TPSA) is 105 Å². The molecule has 0 saturated carbocycles. The number of aromatic nitrogens is 1. The fourth-order valence-corrected chi connectivity index (χ4v) is 3.54. The number of nitrogens with one attached hydrogen (secondary N) is 1. The maximum absolute atomic E-state index is 13.0. The van der Waals surface area contributed by atoms with E-state index in [1.54, 1.807) is 12.3 Å². The molecule has 1 saturated heterocycles. The van der Waals surface area contributed by atoms with Crippen LogP contribution in [-0.4, -0.2) is 45.7 Å². The number of carbonyl (C=O) groups is 2. The van der Waals surface area contributed by atoms with E-state index in [2.05, 4.69) is 10.3 Å². The van der Waals surface area contributed by atoms with E-state index in [4.69, 9.17) is 9.15 Å². The van der Waals surface area contributed by atoms with E-state index in [9.17, 15) is 14.7 Å². The predicted molar refractivity (Wildman–Crippen MR) is 113 cm³/mol. The number of ether oxygens (including phenoxy) is 1. The Bertz CT molecular complexity index is 1050. The molecule has 4 rings (SSSR count). The van der Waals surface area contributed by atoms with Gasteiger partial charge in [-0.05, 0) is 30.2 Å². The first-order valence-electron chi connectivity index (χ1n) is 9.98. The summed E-state index contributed by atoms with van der Waals surface area (Å²) < 4.78 is 10.7. The first-order valence-corrected chi connectivity index (χ1v) is 9.98. The second kappa shape index (κ2) is 9.01. The Morgan fingerprint density at radius 1 is 1.26 bits per heavy atom. The zero-order chi connectivity index (χ0) is 21.8. The zero-order valence-corrected chi connectivity index (χ0v) is 17.0. The molecule has 1 aliphatic rings. The van der Waals surface area contributed by atoms with Crippen molar-refractivity contribution in [2.24, 2.45) is 0 Å². The van der Waals surface area contributed by atoms with Crippen LogP contribution in [0.1, 0.15) is 17.5 Å². The van der Waals surface area contributed by atoms with Crippen LogP contribution in [0.4, 0.5) is 10.5 Å². The molecule has 0 unspecified atom stereocenters. The summed E-state index contributed by atoms with van der Waals surface area (Å²) in [6, 6.07) is 13.9. The number of nitrogens with zero attached hydrogens (tertiary/aromatic N) is 2. The van der Waals surface area contributed by atoms with Gasteiger partial charge in [-0.2, -0.15) is 0 Å². The Hall–Kier alpha value is -3.65. The summed E-state index contributed by atoms with van der Waals surface area (Å²) in [5.41, 5.74) is 2.99. The average Bonchev–Trinajstić information content (AvgIpc) is 3.44. The minimum Gasteiger partial charge on any atom is -0.445 e. The van der Waals surface area contributed by atoms with Crippen LogP contribution in [0, 0.1) is 6.92 Å². The van der Waals surface area contributed by atoms with Crippen LogP contribution in [0.15, 0.2) is 65.4 Å². The molecule has 1 fully saturated rings. The fraction of sp³-hybridized carbons (Fsp3) is 0.261. The average molecular weight is 421 g/mol. The highest BCUT2D eigenvalue weighted by atomic mass is 16.6. The van der Waals surface area contributed by atoms with Crippen molar-refractivity contribution in [3.8, 4) is 11.5 Å². The van der Waals surface area contributed by atoms with Crippen LogP contribution in [0.3, 0.4) is 0 Å². The Balaban J connectivity index is 1.45. The molecule has 0 spiro atoms. The van der Waals surface area contributed by atoms with Gasteiger partial charge in [-0.25, -0.2) is 9.78 Å². The molecule has 0 bridgehead atoms. The molecule has 2 atom stereocenters. The monoisotopic (exact) mass is 421 g/mol. The van der Waals surface area contributed by atoms with Gasteiger partial charge in [0.25, 0.3) is 0 Å². The molecular weight excluding hydrogens is 398 g/mol. The second-order valence-corrected chi connectivity index (χ2v) is 7.45. The number of β-amino-alcohol motifs (C(OH)–C–C–N with tert-alkyl or cyclic N) is 1. The van der Waals surface area contributed by atoms with E-state index in [-0.39, 0.29) is 25.5 Å². The van der Waals surface area contributed by atoms with Gasteiger partial charge in [-0.15, -0.1) is 0 Å². The standard InChI is InChI=1S/C23H23N3O5/c1-15-7-8-17(22-24-9-10-30-22)11-19(15)25-21(28)20-12-18(27)13-26(20)23(29)31-14-16-5-3-2-4-6-16/h2-11,18,20,27H,12-14H2,1H3,(H,25,28)/t18-,20+/m1/s1. The number of aliphatic hydroxyl groups excluding tert-OH is 1. The van der Waals surface area contributed by atoms with Crippen LogP contribution in [0.25, 0.3) is 11.5 Å². The van der Waals surface area contributed by atoms with E-state index in [1.807, 2.05) is 49.4 Å². The van der Waals surface area contributed by atoms with E-state index in [0.29, 0.717) is 11.6 Å². The molecule has 2 amide bonds. The van der Waals surface area contributed by atoms with Crippen LogP contribution in [-0.2, 0) is 16.1 Å². The highest BCUT2D eigenvalue weighted by Gasteiger charge is 2.40. The van der Waals surface area contributed by atoms with Gasteiger partial charge < -0.3 is 19.6 Å². The summed E-state index contributed by atoms with van der Waals surface area (Å²) in [6.07, 6.45) is 1.74. The van der Waals surface area contributed by atoms with Crippen LogP contribution < -0.4 is 5.32 Å². The number of oxazole rings is 1. The number of amides is 2. The molecule has 2 heterocycles. The van der Waals surface area contributed by atoms with Crippen LogP contribution in [0.5, 0.6) is 0 Å². The van der Waals surface area contributed by atoms with E-state index in [0.717, 1.165) is 16.7 Å². The van der Waals surface area contributed by atoms with Gasteiger partial charge in [0.05, 0.1) is 18.8 Å². The highest BCUT2D eigenvalue weighted by Crippen LogP contribution is 2.26. The molecule has 0 radical (unpaired) electrons. The van der Waals surface area contributed by atoms with Gasteiger partial charge in [-0.3, -0.25) is 9.69 Å². The number of rotatable bonds is 5. The van der Waals surface area contributed by atoms with Crippen molar-refractivity contribution in [3.63, 3.8) is 0 Å². The van der Waals surface area contributed by atoms with Crippen LogP contribution in [0.2, 0.25) is 0 Å². The quantitative estimate of drug-likeness (QED) is 0.655. The first kappa shape index (κ1) is 20.6. The lowest BCUT2D eigenvalue weighted by Crippen LogP contribution is -2.43. The predicted octanol–water partition coefficient (Wildman–Crippen LogP) is 3.36. The molecule has 1 aromatic heterocycles. The van der Waals surface area contributed by atoms with Gasteiger partial charge in [0.15, 0.2) is 0 Å². The Kier molecular flexibility index (Phi) is 5.99. The van der Waals surface area contributed by atoms with E-state index < -0.39 is 18.2 Å². The first-order chi connectivity index (χ1) is 15.0. The molecule has 8 heteroatoms. The molecule has 3 aromatic rings. The number of carbonyl (C=O) groups excluding carboxylic acids is 2. The third-order valence-electron chi connectivity index (χ3n) is 5.20. The minimum absolute atomic E-state index is 0.0427. The van der Waals surface area contributed by atoms with Crippen molar-refractivity contribution in [3.05, 3.63) is 72.1 Å². The molecule has 2 N–H and O–H groups in total. The summed E-state index contributed by atoms with van der Waals surface area (Å²) >= 11 is 0. The normalized spacial score (nSPS) is 18.1. The number of aliphatic hydroxyl groups is 1. The molecule has 1 aliphatic heterocycles.